The maximum Gasteiger partial charge on any atom is 0.227 e. The summed E-state index contributed by atoms with van der Waals surface area (Å²) in [6.07, 6.45) is 9.57. The van der Waals surface area contributed by atoms with Crippen molar-refractivity contribution in [3.05, 3.63) is 23.2 Å². The van der Waals surface area contributed by atoms with E-state index in [0.717, 1.165) is 0 Å². The third kappa shape index (κ3) is 2.41. The molecule has 4 nitrogen and oxygen atoms in total. The molecule has 0 bridgehead atoms. The summed E-state index contributed by atoms with van der Waals surface area (Å²) in [5, 5.41) is 0. The minimum Gasteiger partial charge on any atom is -0.493 e. The van der Waals surface area contributed by atoms with Gasteiger partial charge in [-0.3, -0.25) is 9.59 Å². The molecule has 4 heteroatoms. The second-order valence-electron chi connectivity index (χ2n) is 9.88. The molecule has 0 aromatic heterocycles. The molecule has 0 unspecified atom stereocenters. The fraction of sp³-hybridized carbons (Fsp3) is 0.739. The zero-order chi connectivity index (χ0) is 19.6. The maximum absolute atomic E-state index is 13.0. The molecule has 3 saturated carbocycles. The number of ether oxygens (including phenoxy) is 2. The Labute approximate surface area is 162 Å². The van der Waals surface area contributed by atoms with Crippen LogP contribution in [0.25, 0.3) is 0 Å². The van der Waals surface area contributed by atoms with Gasteiger partial charge in [0, 0.05) is 6.08 Å². The Balaban J connectivity index is 1.73. The first kappa shape index (κ1) is 18.8. The van der Waals surface area contributed by atoms with Gasteiger partial charge in [-0.2, -0.15) is 0 Å². The molecule has 0 aromatic carbocycles. The third-order valence-electron chi connectivity index (χ3n) is 8.86. The number of hydrogen-bond donors (Lipinski definition) is 0. The number of carbonyl (C=O) groups excluding carboxylic acids is 2. The molecular weight excluding hydrogens is 340 g/mol. The van der Waals surface area contributed by atoms with Crippen molar-refractivity contribution < 1.29 is 19.1 Å². The van der Waals surface area contributed by atoms with Gasteiger partial charge >= 0.3 is 0 Å². The highest BCUT2D eigenvalue weighted by Crippen LogP contribution is 2.80. The van der Waals surface area contributed by atoms with Crippen molar-refractivity contribution in [2.75, 3.05) is 14.2 Å². The second-order valence-corrected chi connectivity index (χ2v) is 9.88. The Morgan fingerprint density at radius 1 is 1.11 bits per heavy atom. The van der Waals surface area contributed by atoms with Gasteiger partial charge < -0.3 is 9.47 Å². The van der Waals surface area contributed by atoms with Crippen molar-refractivity contribution in [1.29, 1.82) is 0 Å². The van der Waals surface area contributed by atoms with Crippen LogP contribution in [-0.4, -0.2) is 25.8 Å². The normalized spacial score (nSPS) is 43.7. The van der Waals surface area contributed by atoms with Gasteiger partial charge in [0.1, 0.15) is 0 Å². The van der Waals surface area contributed by atoms with Crippen LogP contribution in [0, 0.1) is 28.1 Å². The first-order valence-corrected chi connectivity index (χ1v) is 10.3. The van der Waals surface area contributed by atoms with E-state index in [2.05, 4.69) is 20.8 Å². The SMILES string of the molecule is COC1=CC(=O)C(OC)=C(C[C@@]2(C)[C@@H](C)CC[C@@]34C[C@]3(C)CCC[C@@H]24)C1=O. The Morgan fingerprint density at radius 3 is 2.52 bits per heavy atom. The van der Waals surface area contributed by atoms with Crippen molar-refractivity contribution in [2.24, 2.45) is 28.1 Å². The smallest absolute Gasteiger partial charge is 0.227 e. The van der Waals surface area contributed by atoms with Crippen LogP contribution in [0.4, 0.5) is 0 Å². The highest BCUT2D eigenvalue weighted by atomic mass is 16.5. The number of hydrogen-bond acceptors (Lipinski definition) is 4. The van der Waals surface area contributed by atoms with Gasteiger partial charge in [-0.05, 0) is 66.6 Å². The highest BCUT2D eigenvalue weighted by Gasteiger charge is 2.72. The number of allylic oxidation sites excluding steroid dienone is 2. The lowest BCUT2D eigenvalue weighted by atomic mass is 9.50. The van der Waals surface area contributed by atoms with Crippen LogP contribution in [0.15, 0.2) is 23.2 Å². The van der Waals surface area contributed by atoms with Gasteiger partial charge in [0.05, 0.1) is 19.8 Å². The first-order valence-electron chi connectivity index (χ1n) is 10.3. The van der Waals surface area contributed by atoms with Gasteiger partial charge in [0.2, 0.25) is 11.6 Å². The highest BCUT2D eigenvalue weighted by molar-refractivity contribution is 6.21. The van der Waals surface area contributed by atoms with Crippen LogP contribution in [0.5, 0.6) is 0 Å². The molecule has 0 saturated heterocycles. The number of carbonyl (C=O) groups is 2. The number of methoxy groups -OCH3 is 2. The van der Waals surface area contributed by atoms with E-state index in [0.29, 0.717) is 34.7 Å². The van der Waals surface area contributed by atoms with Gasteiger partial charge in [-0.15, -0.1) is 0 Å². The molecule has 3 fully saturated rings. The molecule has 5 atom stereocenters. The summed E-state index contributed by atoms with van der Waals surface area (Å²) in [7, 11) is 2.93. The Bertz CT molecular complexity index is 762. The summed E-state index contributed by atoms with van der Waals surface area (Å²) >= 11 is 0. The van der Waals surface area contributed by atoms with Gasteiger partial charge in [-0.1, -0.05) is 27.2 Å². The van der Waals surface area contributed by atoms with E-state index in [9.17, 15) is 9.59 Å². The van der Waals surface area contributed by atoms with Crippen LogP contribution in [0.2, 0.25) is 0 Å². The van der Waals surface area contributed by atoms with E-state index >= 15 is 0 Å². The minimum absolute atomic E-state index is 0.00166. The fourth-order valence-corrected chi connectivity index (χ4v) is 7.04. The zero-order valence-electron chi connectivity index (χ0n) is 17.3. The van der Waals surface area contributed by atoms with Crippen molar-refractivity contribution in [2.45, 2.75) is 65.7 Å². The van der Waals surface area contributed by atoms with Crippen LogP contribution in [-0.2, 0) is 19.1 Å². The summed E-state index contributed by atoms with van der Waals surface area (Å²) in [4.78, 5) is 25.5. The summed E-state index contributed by atoms with van der Waals surface area (Å²) in [6, 6.07) is 0. The maximum atomic E-state index is 13.0. The van der Waals surface area contributed by atoms with Crippen LogP contribution in [0.1, 0.15) is 65.7 Å². The lowest BCUT2D eigenvalue weighted by molar-refractivity contribution is -0.121. The quantitative estimate of drug-likeness (QED) is 0.677. The lowest BCUT2D eigenvalue weighted by Crippen LogP contribution is -2.48. The van der Waals surface area contributed by atoms with Crippen molar-refractivity contribution in [3.8, 4) is 0 Å². The molecule has 0 amide bonds. The lowest BCUT2D eigenvalue weighted by Gasteiger charge is -2.55. The molecule has 27 heavy (non-hydrogen) atoms. The minimum atomic E-state index is -0.259. The largest absolute Gasteiger partial charge is 0.493 e. The monoisotopic (exact) mass is 372 g/mol. The van der Waals surface area contributed by atoms with E-state index in [4.69, 9.17) is 9.47 Å². The number of Topliss-reactive ketones (excluding diaryl/α,β-unsaturated/α-hetero) is 1. The van der Waals surface area contributed by atoms with E-state index in [1.54, 1.807) is 0 Å². The van der Waals surface area contributed by atoms with E-state index in [1.807, 2.05) is 0 Å². The summed E-state index contributed by atoms with van der Waals surface area (Å²) in [5.74, 6) is 1.03. The summed E-state index contributed by atoms with van der Waals surface area (Å²) in [6.45, 7) is 7.16. The predicted octanol–water partition coefficient (Wildman–Crippen LogP) is 4.59. The van der Waals surface area contributed by atoms with E-state index in [1.165, 1.54) is 58.8 Å². The van der Waals surface area contributed by atoms with Gasteiger partial charge in [0.25, 0.3) is 0 Å². The summed E-state index contributed by atoms with van der Waals surface area (Å²) in [5.41, 5.74) is 1.45. The van der Waals surface area contributed by atoms with Crippen LogP contribution < -0.4 is 0 Å². The van der Waals surface area contributed by atoms with Gasteiger partial charge in [-0.25, -0.2) is 0 Å². The molecule has 0 heterocycles. The fourth-order valence-electron chi connectivity index (χ4n) is 7.04. The van der Waals surface area contributed by atoms with E-state index in [-0.39, 0.29) is 28.5 Å². The topological polar surface area (TPSA) is 52.6 Å². The summed E-state index contributed by atoms with van der Waals surface area (Å²) < 4.78 is 10.6. The van der Waals surface area contributed by atoms with Gasteiger partial charge in [0.15, 0.2) is 11.5 Å². The average Bonchev–Trinajstić information content (AvgIpc) is 3.26. The number of ketones is 2. The standard InChI is InChI=1S/C23H32O4/c1-14-8-10-23-13-21(23,2)9-6-7-18(23)22(14,3)12-15-19(25)17(26-4)11-16(24)20(15)27-5/h11,14,18H,6-10,12-13H2,1-5H3/t14-,18-,21-,22-,23-/m0/s1. The Hall–Kier alpha value is -1.58. The molecule has 4 aliphatic carbocycles. The Morgan fingerprint density at radius 2 is 1.85 bits per heavy atom. The Kier molecular flexibility index (Phi) is 4.14. The second kappa shape index (κ2) is 5.96. The average molecular weight is 373 g/mol. The van der Waals surface area contributed by atoms with Crippen LogP contribution in [0.3, 0.4) is 0 Å². The van der Waals surface area contributed by atoms with Crippen molar-refractivity contribution in [3.63, 3.8) is 0 Å². The van der Waals surface area contributed by atoms with Crippen molar-refractivity contribution >= 4 is 11.6 Å². The molecule has 0 aromatic rings. The molecule has 0 aliphatic heterocycles. The third-order valence-corrected chi connectivity index (χ3v) is 8.86. The molecule has 4 rings (SSSR count). The van der Waals surface area contributed by atoms with Crippen molar-refractivity contribution in [1.82, 2.24) is 0 Å². The zero-order valence-corrected chi connectivity index (χ0v) is 17.3. The molecular formula is C23H32O4. The molecule has 0 radical (unpaired) electrons. The number of rotatable bonds is 4. The molecule has 4 aliphatic rings. The molecule has 148 valence electrons. The molecule has 0 N–H and O–H groups in total. The predicted molar refractivity (Wildman–Crippen MR) is 103 cm³/mol. The van der Waals surface area contributed by atoms with E-state index < -0.39 is 0 Å². The molecule has 1 spiro atoms. The van der Waals surface area contributed by atoms with Crippen LogP contribution >= 0.6 is 0 Å². The first-order chi connectivity index (χ1) is 12.7.